The normalized spacial score (nSPS) is 10.8. The van der Waals surface area contributed by atoms with Crippen molar-refractivity contribution in [1.29, 1.82) is 0 Å². The zero-order valence-corrected chi connectivity index (χ0v) is 6.29. The van der Waals surface area contributed by atoms with E-state index >= 15 is 0 Å². The average Bonchev–Trinajstić information content (AvgIpc) is 1.81. The second-order valence-corrected chi connectivity index (χ2v) is 2.57. The van der Waals surface area contributed by atoms with Crippen LogP contribution in [0.4, 0.5) is 0 Å². The standard InChI is InChI=1S/C6H13NS/c1-3-8-6-4-5-7-2/h4,6-7H,3,5H2,1-2H3. The maximum absolute atomic E-state index is 3.03. The summed E-state index contributed by atoms with van der Waals surface area (Å²) >= 11 is 1.83. The van der Waals surface area contributed by atoms with Crippen LogP contribution in [0.3, 0.4) is 0 Å². The van der Waals surface area contributed by atoms with Gasteiger partial charge in [-0.15, -0.1) is 11.8 Å². The van der Waals surface area contributed by atoms with Gasteiger partial charge in [-0.2, -0.15) is 0 Å². The largest absolute Gasteiger partial charge is 0.316 e. The fourth-order valence-electron chi connectivity index (χ4n) is 0.330. The van der Waals surface area contributed by atoms with Crippen molar-refractivity contribution >= 4 is 11.8 Å². The van der Waals surface area contributed by atoms with Gasteiger partial charge in [0.2, 0.25) is 0 Å². The molecule has 8 heavy (non-hydrogen) atoms. The molecule has 0 aromatic heterocycles. The van der Waals surface area contributed by atoms with Crippen LogP contribution < -0.4 is 5.32 Å². The van der Waals surface area contributed by atoms with E-state index in [2.05, 4.69) is 23.7 Å². The number of likely N-dealkylation sites (N-methyl/N-ethyl adjacent to an activating group) is 1. The van der Waals surface area contributed by atoms with Gasteiger partial charge in [-0.3, -0.25) is 0 Å². The van der Waals surface area contributed by atoms with E-state index < -0.39 is 0 Å². The fourth-order valence-corrected chi connectivity index (χ4v) is 0.755. The van der Waals surface area contributed by atoms with Gasteiger partial charge in [0.05, 0.1) is 0 Å². The molecule has 0 aromatic carbocycles. The molecule has 0 aromatic rings. The van der Waals surface area contributed by atoms with Gasteiger partial charge in [0.15, 0.2) is 0 Å². The quantitative estimate of drug-likeness (QED) is 0.620. The summed E-state index contributed by atoms with van der Waals surface area (Å²) in [5, 5.41) is 5.15. The minimum atomic E-state index is 0.979. The molecule has 0 saturated carbocycles. The average molecular weight is 131 g/mol. The number of thioether (sulfide) groups is 1. The maximum atomic E-state index is 3.03. The van der Waals surface area contributed by atoms with E-state index in [0.717, 1.165) is 6.54 Å². The highest BCUT2D eigenvalue weighted by atomic mass is 32.2. The van der Waals surface area contributed by atoms with Crippen LogP contribution in [0.2, 0.25) is 0 Å². The Morgan fingerprint density at radius 2 is 2.38 bits per heavy atom. The van der Waals surface area contributed by atoms with Crippen molar-refractivity contribution in [1.82, 2.24) is 5.32 Å². The molecule has 0 rings (SSSR count). The van der Waals surface area contributed by atoms with Gasteiger partial charge in [0, 0.05) is 6.54 Å². The molecule has 0 fully saturated rings. The highest BCUT2D eigenvalue weighted by Crippen LogP contribution is 1.97. The minimum absolute atomic E-state index is 0.979. The van der Waals surface area contributed by atoms with Crippen LogP contribution in [0.1, 0.15) is 6.92 Å². The molecule has 0 saturated heterocycles. The Morgan fingerprint density at radius 1 is 1.62 bits per heavy atom. The molecule has 0 aliphatic carbocycles. The summed E-state index contributed by atoms with van der Waals surface area (Å²) in [6.07, 6.45) is 2.12. The van der Waals surface area contributed by atoms with Gasteiger partial charge in [0.25, 0.3) is 0 Å². The molecule has 0 aliphatic heterocycles. The van der Waals surface area contributed by atoms with Crippen molar-refractivity contribution in [2.24, 2.45) is 0 Å². The van der Waals surface area contributed by atoms with E-state index in [1.54, 1.807) is 0 Å². The lowest BCUT2D eigenvalue weighted by Crippen LogP contribution is -2.03. The molecule has 2 heteroatoms. The molecule has 0 spiro atoms. The second-order valence-electron chi connectivity index (χ2n) is 1.38. The topological polar surface area (TPSA) is 12.0 Å². The van der Waals surface area contributed by atoms with Crippen LogP contribution in [0.25, 0.3) is 0 Å². The monoisotopic (exact) mass is 131 g/mol. The predicted molar refractivity (Wildman–Crippen MR) is 41.2 cm³/mol. The van der Waals surface area contributed by atoms with Gasteiger partial charge < -0.3 is 5.32 Å². The number of hydrogen-bond donors (Lipinski definition) is 1. The Labute approximate surface area is 55.5 Å². The molecular weight excluding hydrogens is 118 g/mol. The minimum Gasteiger partial charge on any atom is -0.316 e. The molecule has 0 atom stereocenters. The first-order valence-corrected chi connectivity index (χ1v) is 3.88. The van der Waals surface area contributed by atoms with E-state index in [1.807, 2.05) is 18.8 Å². The molecule has 0 unspecified atom stereocenters. The molecule has 1 N–H and O–H groups in total. The van der Waals surface area contributed by atoms with E-state index in [9.17, 15) is 0 Å². The molecule has 0 radical (unpaired) electrons. The Morgan fingerprint density at radius 3 is 2.88 bits per heavy atom. The highest BCUT2D eigenvalue weighted by Gasteiger charge is 1.70. The summed E-state index contributed by atoms with van der Waals surface area (Å²) in [5.74, 6) is 1.17. The maximum Gasteiger partial charge on any atom is 0.0139 e. The zero-order valence-electron chi connectivity index (χ0n) is 5.48. The molecule has 1 nitrogen and oxygen atoms in total. The number of hydrogen-bond acceptors (Lipinski definition) is 2. The molecular formula is C6H13NS. The SMILES string of the molecule is CCSC=CCNC. The van der Waals surface area contributed by atoms with Crippen LogP contribution in [-0.4, -0.2) is 19.3 Å². The van der Waals surface area contributed by atoms with E-state index in [4.69, 9.17) is 0 Å². The van der Waals surface area contributed by atoms with Crippen LogP contribution >= 0.6 is 11.8 Å². The summed E-state index contributed by atoms with van der Waals surface area (Å²) in [6.45, 7) is 3.13. The molecule has 0 amide bonds. The van der Waals surface area contributed by atoms with Crippen molar-refractivity contribution in [3.8, 4) is 0 Å². The van der Waals surface area contributed by atoms with E-state index in [0.29, 0.717) is 0 Å². The van der Waals surface area contributed by atoms with Crippen LogP contribution in [0.15, 0.2) is 11.5 Å². The summed E-state index contributed by atoms with van der Waals surface area (Å²) < 4.78 is 0. The summed E-state index contributed by atoms with van der Waals surface area (Å²) in [4.78, 5) is 0. The first-order chi connectivity index (χ1) is 3.91. The van der Waals surface area contributed by atoms with Crippen molar-refractivity contribution in [3.05, 3.63) is 11.5 Å². The lowest BCUT2D eigenvalue weighted by molar-refractivity contribution is 0.921. The van der Waals surface area contributed by atoms with E-state index in [-0.39, 0.29) is 0 Å². The molecule has 0 heterocycles. The molecule has 0 bridgehead atoms. The first kappa shape index (κ1) is 8.05. The Balaban J connectivity index is 2.83. The third-order valence-corrected chi connectivity index (χ3v) is 1.40. The van der Waals surface area contributed by atoms with Gasteiger partial charge >= 0.3 is 0 Å². The number of nitrogens with one attached hydrogen (secondary N) is 1. The summed E-state index contributed by atoms with van der Waals surface area (Å²) in [7, 11) is 1.95. The van der Waals surface area contributed by atoms with Gasteiger partial charge in [-0.05, 0) is 18.2 Å². The lowest BCUT2D eigenvalue weighted by Gasteiger charge is -1.86. The van der Waals surface area contributed by atoms with Crippen LogP contribution in [0.5, 0.6) is 0 Å². The molecule has 0 aliphatic rings. The smallest absolute Gasteiger partial charge is 0.0139 e. The van der Waals surface area contributed by atoms with Crippen molar-refractivity contribution in [3.63, 3.8) is 0 Å². The fraction of sp³-hybridized carbons (Fsp3) is 0.667. The van der Waals surface area contributed by atoms with Gasteiger partial charge in [-0.1, -0.05) is 13.0 Å². The van der Waals surface area contributed by atoms with E-state index in [1.165, 1.54) is 5.75 Å². The van der Waals surface area contributed by atoms with Gasteiger partial charge in [-0.25, -0.2) is 0 Å². The van der Waals surface area contributed by atoms with Crippen LogP contribution in [-0.2, 0) is 0 Å². The highest BCUT2D eigenvalue weighted by molar-refractivity contribution is 8.02. The Bertz CT molecular complexity index is 53.5. The Kier molecular flexibility index (Phi) is 7.09. The third kappa shape index (κ3) is 6.05. The first-order valence-electron chi connectivity index (χ1n) is 2.83. The lowest BCUT2D eigenvalue weighted by atomic mass is 10.6. The van der Waals surface area contributed by atoms with Crippen molar-refractivity contribution in [2.75, 3.05) is 19.3 Å². The summed E-state index contributed by atoms with van der Waals surface area (Å²) in [6, 6.07) is 0. The van der Waals surface area contributed by atoms with Crippen molar-refractivity contribution < 1.29 is 0 Å². The van der Waals surface area contributed by atoms with Crippen LogP contribution in [0, 0.1) is 0 Å². The summed E-state index contributed by atoms with van der Waals surface area (Å²) in [5.41, 5.74) is 0. The number of rotatable bonds is 4. The van der Waals surface area contributed by atoms with Gasteiger partial charge in [0.1, 0.15) is 0 Å². The second kappa shape index (κ2) is 7.05. The molecule has 48 valence electrons. The van der Waals surface area contributed by atoms with Crippen molar-refractivity contribution in [2.45, 2.75) is 6.92 Å². The Hall–Kier alpha value is 0.0500. The third-order valence-electron chi connectivity index (χ3n) is 0.681. The predicted octanol–water partition coefficient (Wildman–Crippen LogP) is 1.47. The zero-order chi connectivity index (χ0) is 6.24.